The van der Waals surface area contributed by atoms with Crippen molar-refractivity contribution in [3.05, 3.63) is 58.9 Å². The quantitative estimate of drug-likeness (QED) is 0.768. The lowest BCUT2D eigenvalue weighted by Gasteiger charge is -2.58. The van der Waals surface area contributed by atoms with Gasteiger partial charge in [-0.25, -0.2) is 0 Å². The third kappa shape index (κ3) is 2.96. The first-order valence-electron chi connectivity index (χ1n) is 10.6. The number of nitrogens with zero attached hydrogens (tertiary/aromatic N) is 2. The maximum atomic E-state index is 13.2. The molecule has 154 valence electrons. The largest absolute Gasteiger partial charge is 0.390 e. The number of rotatable bonds is 4. The zero-order valence-corrected chi connectivity index (χ0v) is 17.0. The van der Waals surface area contributed by atoms with E-state index >= 15 is 0 Å². The Morgan fingerprint density at radius 3 is 2.43 bits per heavy atom. The number of benzene rings is 1. The molecule has 1 aromatic heterocycles. The van der Waals surface area contributed by atoms with Gasteiger partial charge in [0.05, 0.1) is 16.9 Å². The number of amides is 1. The van der Waals surface area contributed by atoms with Crippen molar-refractivity contribution in [2.24, 2.45) is 24.8 Å². The molecule has 2 unspecified atom stereocenters. The molecule has 2 N–H and O–H groups in total. The summed E-state index contributed by atoms with van der Waals surface area (Å²) < 4.78 is 1.53. The molecule has 0 saturated heterocycles. The Kier molecular flexibility index (Phi) is 4.33. The lowest BCUT2D eigenvalue weighted by Crippen LogP contribution is -2.61. The summed E-state index contributed by atoms with van der Waals surface area (Å²) in [4.78, 5) is 26.1. The fourth-order valence-corrected chi connectivity index (χ4v) is 6.35. The fourth-order valence-electron chi connectivity index (χ4n) is 6.35. The second-order valence-electron chi connectivity index (χ2n) is 9.35. The number of hydrogen-bond donors (Lipinski definition) is 2. The van der Waals surface area contributed by atoms with Gasteiger partial charge in [0.25, 0.3) is 5.91 Å². The standard InChI is InChI=1S/C24H25N3O3/c1-27-19(22(28)15-5-3-2-4-6-15)9-18(13-25)21(27)23(29)26-20-16-7-14-8-17(20)12-24(30,10-14)11-16/h2-6,9,14,16-17,20,30H,7-8,10-12H2,1H3,(H,26,29)/t14?,16?,17?,20-,24-. The van der Waals surface area contributed by atoms with E-state index in [0.29, 0.717) is 17.2 Å². The molecule has 1 aromatic carbocycles. The summed E-state index contributed by atoms with van der Waals surface area (Å²) in [5.41, 5.74) is 0.711. The van der Waals surface area contributed by atoms with Crippen molar-refractivity contribution in [3.63, 3.8) is 0 Å². The molecule has 4 bridgehead atoms. The van der Waals surface area contributed by atoms with Gasteiger partial charge in [-0.2, -0.15) is 5.26 Å². The summed E-state index contributed by atoms with van der Waals surface area (Å²) in [5.74, 6) is 0.583. The van der Waals surface area contributed by atoms with Crippen molar-refractivity contribution >= 4 is 11.7 Å². The van der Waals surface area contributed by atoms with Crippen LogP contribution in [0.5, 0.6) is 0 Å². The molecule has 4 aliphatic rings. The number of hydrogen-bond acceptors (Lipinski definition) is 4. The molecule has 4 fully saturated rings. The van der Waals surface area contributed by atoms with Gasteiger partial charge in [-0.05, 0) is 55.9 Å². The zero-order valence-electron chi connectivity index (χ0n) is 17.0. The highest BCUT2D eigenvalue weighted by atomic mass is 16.3. The highest BCUT2D eigenvalue weighted by molar-refractivity contribution is 6.09. The summed E-state index contributed by atoms with van der Waals surface area (Å²) in [5, 5.41) is 23.6. The fraction of sp³-hybridized carbons (Fsp3) is 0.458. The molecule has 4 aliphatic carbocycles. The van der Waals surface area contributed by atoms with E-state index in [0.717, 1.165) is 32.1 Å². The minimum atomic E-state index is -0.560. The van der Waals surface area contributed by atoms with Crippen molar-refractivity contribution in [2.45, 2.75) is 43.7 Å². The molecule has 6 rings (SSSR count). The van der Waals surface area contributed by atoms with E-state index in [1.54, 1.807) is 31.3 Å². The molecule has 2 atom stereocenters. The molecule has 1 amide bonds. The Morgan fingerprint density at radius 2 is 1.83 bits per heavy atom. The Balaban J connectivity index is 1.42. The van der Waals surface area contributed by atoms with Crippen molar-refractivity contribution in [1.29, 1.82) is 5.26 Å². The normalized spacial score (nSPS) is 31.4. The summed E-state index contributed by atoms with van der Waals surface area (Å²) in [6, 6.07) is 12.5. The average molecular weight is 403 g/mol. The smallest absolute Gasteiger partial charge is 0.269 e. The molecule has 0 spiro atoms. The van der Waals surface area contributed by atoms with Crippen LogP contribution in [0.1, 0.15) is 64.2 Å². The van der Waals surface area contributed by atoms with E-state index in [9.17, 15) is 20.0 Å². The molecule has 6 heteroatoms. The van der Waals surface area contributed by atoms with Crippen molar-refractivity contribution in [2.75, 3.05) is 0 Å². The third-order valence-electron chi connectivity index (χ3n) is 7.38. The topological polar surface area (TPSA) is 95.1 Å². The molecule has 6 nitrogen and oxygen atoms in total. The molecular formula is C24H25N3O3. The van der Waals surface area contributed by atoms with Crippen LogP contribution in [0.4, 0.5) is 0 Å². The van der Waals surface area contributed by atoms with Crippen LogP contribution in [-0.4, -0.2) is 33.0 Å². The summed E-state index contributed by atoms with van der Waals surface area (Å²) in [6.45, 7) is 0. The Hall–Kier alpha value is -2.91. The van der Waals surface area contributed by atoms with E-state index in [1.807, 2.05) is 6.07 Å². The Labute approximate surface area is 175 Å². The molecule has 2 aromatic rings. The van der Waals surface area contributed by atoms with Crippen molar-refractivity contribution in [1.82, 2.24) is 9.88 Å². The molecule has 1 heterocycles. The minimum Gasteiger partial charge on any atom is -0.390 e. The van der Waals surface area contributed by atoms with E-state index in [1.165, 1.54) is 10.6 Å². The maximum absolute atomic E-state index is 13.2. The highest BCUT2D eigenvalue weighted by Gasteiger charge is 2.55. The van der Waals surface area contributed by atoms with Gasteiger partial charge in [0.2, 0.25) is 5.78 Å². The number of carbonyl (C=O) groups excluding carboxylic acids is 2. The number of ketones is 1. The van der Waals surface area contributed by atoms with Crippen LogP contribution in [0, 0.1) is 29.1 Å². The molecule has 0 radical (unpaired) electrons. The first-order valence-corrected chi connectivity index (χ1v) is 10.6. The van der Waals surface area contributed by atoms with Gasteiger partial charge >= 0.3 is 0 Å². The van der Waals surface area contributed by atoms with Gasteiger partial charge in [-0.3, -0.25) is 9.59 Å². The summed E-state index contributed by atoms with van der Waals surface area (Å²) in [6.07, 6.45) is 4.45. The van der Waals surface area contributed by atoms with Gasteiger partial charge in [0.15, 0.2) is 0 Å². The molecule has 30 heavy (non-hydrogen) atoms. The second-order valence-corrected chi connectivity index (χ2v) is 9.35. The van der Waals surface area contributed by atoms with Crippen molar-refractivity contribution < 1.29 is 14.7 Å². The summed E-state index contributed by atoms with van der Waals surface area (Å²) in [7, 11) is 1.66. The number of nitriles is 1. The predicted octanol–water partition coefficient (Wildman–Crippen LogP) is 2.80. The maximum Gasteiger partial charge on any atom is 0.269 e. The average Bonchev–Trinajstić information content (AvgIpc) is 3.06. The second kappa shape index (κ2) is 6.82. The van der Waals surface area contributed by atoms with Gasteiger partial charge in [-0.1, -0.05) is 30.3 Å². The van der Waals surface area contributed by atoms with E-state index < -0.39 is 5.60 Å². The molecule has 0 aliphatic heterocycles. The SMILES string of the molecule is Cn1c(C(=O)c2ccccc2)cc(C#N)c1C(=O)N[C@H]1C2CC3CC1C[C@](O)(C3)C2. The van der Waals surface area contributed by atoms with Crippen LogP contribution >= 0.6 is 0 Å². The Bertz CT molecular complexity index is 1050. The van der Waals surface area contributed by atoms with Crippen LogP contribution in [-0.2, 0) is 7.05 Å². The monoisotopic (exact) mass is 403 g/mol. The number of aromatic nitrogens is 1. The zero-order chi connectivity index (χ0) is 21.0. The number of carbonyl (C=O) groups is 2. The highest BCUT2D eigenvalue weighted by Crippen LogP contribution is 2.55. The van der Waals surface area contributed by atoms with Crippen LogP contribution < -0.4 is 5.32 Å². The Morgan fingerprint density at radius 1 is 1.17 bits per heavy atom. The van der Waals surface area contributed by atoms with Gasteiger partial charge < -0.3 is 15.0 Å². The van der Waals surface area contributed by atoms with Crippen LogP contribution in [0.15, 0.2) is 36.4 Å². The van der Waals surface area contributed by atoms with E-state index in [4.69, 9.17) is 0 Å². The van der Waals surface area contributed by atoms with Crippen LogP contribution in [0.25, 0.3) is 0 Å². The molecule has 4 saturated carbocycles. The van der Waals surface area contributed by atoms with Crippen LogP contribution in [0.3, 0.4) is 0 Å². The third-order valence-corrected chi connectivity index (χ3v) is 7.38. The van der Waals surface area contributed by atoms with Gasteiger partial charge in [0.1, 0.15) is 11.8 Å². The first kappa shape index (κ1) is 19.1. The van der Waals surface area contributed by atoms with Crippen molar-refractivity contribution in [3.8, 4) is 6.07 Å². The van der Waals surface area contributed by atoms with Gasteiger partial charge in [0, 0.05) is 18.7 Å². The first-order chi connectivity index (χ1) is 14.4. The molecular weight excluding hydrogens is 378 g/mol. The predicted molar refractivity (Wildman–Crippen MR) is 110 cm³/mol. The number of aliphatic hydroxyl groups is 1. The van der Waals surface area contributed by atoms with E-state index in [2.05, 4.69) is 11.4 Å². The lowest BCUT2D eigenvalue weighted by molar-refractivity contribution is -0.137. The summed E-state index contributed by atoms with van der Waals surface area (Å²) >= 11 is 0. The number of nitrogens with one attached hydrogen (secondary N) is 1. The minimum absolute atomic E-state index is 0.0176. The van der Waals surface area contributed by atoms with E-state index in [-0.39, 0.29) is 40.8 Å². The van der Waals surface area contributed by atoms with Crippen LogP contribution in [0.2, 0.25) is 0 Å². The lowest BCUT2D eigenvalue weighted by atomic mass is 9.52. The van der Waals surface area contributed by atoms with Gasteiger partial charge in [-0.15, -0.1) is 0 Å².